The molecule has 29 heavy (non-hydrogen) atoms. The molecule has 5 aromatic rings. The standard InChI is InChI=1S/C19H13N5O2S3/c20-24-18(25)15-13(11-4-2-1-3-5-11)9-28-17(15)22-19(24)29-10-14-21-16(23-26-14)12-6-7-27-8-12/h1-9H,10,20H2. The summed E-state index contributed by atoms with van der Waals surface area (Å²) in [6.07, 6.45) is 0. The molecule has 4 heterocycles. The van der Waals surface area contributed by atoms with Crippen LogP contribution in [0.3, 0.4) is 0 Å². The molecule has 144 valence electrons. The molecule has 0 fully saturated rings. The minimum absolute atomic E-state index is 0.276. The van der Waals surface area contributed by atoms with Crippen molar-refractivity contribution in [1.29, 1.82) is 0 Å². The highest BCUT2D eigenvalue weighted by Gasteiger charge is 2.17. The van der Waals surface area contributed by atoms with Gasteiger partial charge >= 0.3 is 0 Å². The Labute approximate surface area is 176 Å². The molecule has 0 amide bonds. The number of hydrogen-bond acceptors (Lipinski definition) is 9. The quantitative estimate of drug-likeness (QED) is 0.248. The molecule has 5 rings (SSSR count). The molecule has 0 aliphatic carbocycles. The fourth-order valence-corrected chi connectivity index (χ4v) is 5.24. The average Bonchev–Trinajstić information content (AvgIpc) is 3.50. The summed E-state index contributed by atoms with van der Waals surface area (Å²) in [4.78, 5) is 22.5. The van der Waals surface area contributed by atoms with Gasteiger partial charge in [-0.25, -0.2) is 9.66 Å². The van der Waals surface area contributed by atoms with Crippen molar-refractivity contribution < 1.29 is 4.52 Å². The van der Waals surface area contributed by atoms with Crippen LogP contribution < -0.4 is 11.4 Å². The monoisotopic (exact) mass is 439 g/mol. The van der Waals surface area contributed by atoms with Crippen LogP contribution in [0, 0.1) is 0 Å². The van der Waals surface area contributed by atoms with Crippen LogP contribution in [-0.2, 0) is 5.75 Å². The van der Waals surface area contributed by atoms with E-state index < -0.39 is 0 Å². The molecule has 0 saturated carbocycles. The Kier molecular flexibility index (Phi) is 4.66. The van der Waals surface area contributed by atoms with E-state index in [2.05, 4.69) is 15.1 Å². The summed E-state index contributed by atoms with van der Waals surface area (Å²) in [6.45, 7) is 0. The normalized spacial score (nSPS) is 11.3. The van der Waals surface area contributed by atoms with Crippen molar-refractivity contribution in [3.8, 4) is 22.5 Å². The van der Waals surface area contributed by atoms with Gasteiger partial charge in [-0.3, -0.25) is 4.79 Å². The number of fused-ring (bicyclic) bond motifs is 1. The van der Waals surface area contributed by atoms with E-state index in [1.807, 2.05) is 52.5 Å². The smallest absolute Gasteiger partial charge is 0.282 e. The Bertz CT molecular complexity index is 1340. The topological polar surface area (TPSA) is 99.8 Å². The molecule has 2 N–H and O–H groups in total. The Morgan fingerprint density at radius 1 is 1.10 bits per heavy atom. The van der Waals surface area contributed by atoms with Crippen LogP contribution in [0.2, 0.25) is 0 Å². The molecule has 0 aliphatic heterocycles. The predicted molar refractivity (Wildman–Crippen MR) is 117 cm³/mol. The number of aromatic nitrogens is 4. The van der Waals surface area contributed by atoms with Crippen molar-refractivity contribution in [1.82, 2.24) is 19.8 Å². The number of hydrogen-bond donors (Lipinski definition) is 1. The summed E-state index contributed by atoms with van der Waals surface area (Å²) < 4.78 is 6.38. The van der Waals surface area contributed by atoms with Crippen LogP contribution in [0.1, 0.15) is 5.89 Å². The number of nitrogen functional groups attached to an aromatic ring is 1. The van der Waals surface area contributed by atoms with Gasteiger partial charge < -0.3 is 10.4 Å². The third-order valence-electron chi connectivity index (χ3n) is 4.26. The minimum Gasteiger partial charge on any atom is -0.338 e. The molecule has 0 unspecified atom stereocenters. The maximum atomic E-state index is 12.9. The van der Waals surface area contributed by atoms with E-state index in [-0.39, 0.29) is 5.56 Å². The Balaban J connectivity index is 1.44. The van der Waals surface area contributed by atoms with Crippen molar-refractivity contribution in [2.24, 2.45) is 0 Å². The largest absolute Gasteiger partial charge is 0.338 e. The fraction of sp³-hybridized carbons (Fsp3) is 0.0526. The molecule has 0 spiro atoms. The summed E-state index contributed by atoms with van der Waals surface area (Å²) in [7, 11) is 0. The highest BCUT2D eigenvalue weighted by molar-refractivity contribution is 7.98. The third kappa shape index (κ3) is 3.35. The molecule has 0 radical (unpaired) electrons. The zero-order valence-electron chi connectivity index (χ0n) is 14.8. The highest BCUT2D eigenvalue weighted by atomic mass is 32.2. The molecular weight excluding hydrogens is 426 g/mol. The van der Waals surface area contributed by atoms with Gasteiger partial charge in [0, 0.05) is 21.9 Å². The highest BCUT2D eigenvalue weighted by Crippen LogP contribution is 2.32. The van der Waals surface area contributed by atoms with Gasteiger partial charge in [0.25, 0.3) is 5.56 Å². The van der Waals surface area contributed by atoms with Crippen molar-refractivity contribution in [3.05, 3.63) is 68.8 Å². The molecule has 0 bridgehead atoms. The van der Waals surface area contributed by atoms with Gasteiger partial charge in [0.15, 0.2) is 5.16 Å². The summed E-state index contributed by atoms with van der Waals surface area (Å²) in [6, 6.07) is 11.7. The van der Waals surface area contributed by atoms with Gasteiger partial charge in [0.2, 0.25) is 11.7 Å². The molecular formula is C19H13N5O2S3. The van der Waals surface area contributed by atoms with E-state index in [1.54, 1.807) is 11.3 Å². The molecule has 0 saturated heterocycles. The third-order valence-corrected chi connectivity index (χ3v) is 6.76. The molecule has 10 heteroatoms. The van der Waals surface area contributed by atoms with E-state index in [0.29, 0.717) is 32.8 Å². The number of rotatable bonds is 5. The summed E-state index contributed by atoms with van der Waals surface area (Å²) >= 11 is 4.28. The van der Waals surface area contributed by atoms with Gasteiger partial charge in [-0.2, -0.15) is 16.3 Å². The van der Waals surface area contributed by atoms with E-state index in [9.17, 15) is 4.79 Å². The van der Waals surface area contributed by atoms with Crippen LogP contribution in [0.5, 0.6) is 0 Å². The second-order valence-corrected chi connectivity index (χ2v) is 8.66. The number of thioether (sulfide) groups is 1. The first kappa shape index (κ1) is 18.1. The first-order valence-corrected chi connectivity index (χ1v) is 11.3. The van der Waals surface area contributed by atoms with Gasteiger partial charge in [-0.05, 0) is 17.0 Å². The second-order valence-electron chi connectivity index (χ2n) is 6.08. The average molecular weight is 440 g/mol. The minimum atomic E-state index is -0.276. The van der Waals surface area contributed by atoms with Gasteiger partial charge in [-0.15, -0.1) is 11.3 Å². The molecule has 0 aliphatic rings. The lowest BCUT2D eigenvalue weighted by Crippen LogP contribution is -2.29. The predicted octanol–water partition coefficient (Wildman–Crippen LogP) is 4.24. The van der Waals surface area contributed by atoms with Crippen LogP contribution in [0.25, 0.3) is 32.7 Å². The zero-order chi connectivity index (χ0) is 19.8. The summed E-state index contributed by atoms with van der Waals surface area (Å²) in [5, 5.41) is 10.8. The van der Waals surface area contributed by atoms with Crippen molar-refractivity contribution in [2.45, 2.75) is 10.9 Å². The Morgan fingerprint density at radius 3 is 2.76 bits per heavy atom. The van der Waals surface area contributed by atoms with Crippen LogP contribution in [0.4, 0.5) is 0 Å². The molecule has 1 aromatic carbocycles. The first-order chi connectivity index (χ1) is 14.2. The van der Waals surface area contributed by atoms with Crippen molar-refractivity contribution >= 4 is 44.7 Å². The Morgan fingerprint density at radius 2 is 1.97 bits per heavy atom. The maximum Gasteiger partial charge on any atom is 0.282 e. The van der Waals surface area contributed by atoms with E-state index in [0.717, 1.165) is 21.4 Å². The number of nitrogens with zero attached hydrogens (tertiary/aromatic N) is 4. The lowest BCUT2D eigenvalue weighted by atomic mass is 10.1. The second kappa shape index (κ2) is 7.47. The van der Waals surface area contributed by atoms with Gasteiger partial charge in [-0.1, -0.05) is 47.3 Å². The number of benzene rings is 1. The SMILES string of the molecule is Nn1c(SCc2nc(-c3ccsc3)no2)nc2scc(-c3ccccc3)c2c1=O. The first-order valence-electron chi connectivity index (χ1n) is 8.53. The summed E-state index contributed by atoms with van der Waals surface area (Å²) in [5.74, 6) is 7.41. The lowest BCUT2D eigenvalue weighted by Gasteiger charge is -2.06. The van der Waals surface area contributed by atoms with E-state index >= 15 is 0 Å². The van der Waals surface area contributed by atoms with Crippen LogP contribution in [-0.4, -0.2) is 19.8 Å². The van der Waals surface area contributed by atoms with Crippen LogP contribution in [0.15, 0.2) is 67.0 Å². The molecule has 7 nitrogen and oxygen atoms in total. The maximum absolute atomic E-state index is 12.9. The van der Waals surface area contributed by atoms with Gasteiger partial charge in [0.05, 0.1) is 11.1 Å². The Hall–Kier alpha value is -2.95. The number of thiophene rings is 2. The van der Waals surface area contributed by atoms with Gasteiger partial charge in [0.1, 0.15) is 4.83 Å². The zero-order valence-corrected chi connectivity index (χ0v) is 17.3. The molecule has 0 atom stereocenters. The van der Waals surface area contributed by atoms with Crippen molar-refractivity contribution in [3.63, 3.8) is 0 Å². The van der Waals surface area contributed by atoms with E-state index in [1.165, 1.54) is 23.1 Å². The fourth-order valence-electron chi connectivity index (χ4n) is 2.87. The molecule has 4 aromatic heterocycles. The van der Waals surface area contributed by atoms with E-state index in [4.69, 9.17) is 10.4 Å². The lowest BCUT2D eigenvalue weighted by molar-refractivity contribution is 0.391. The van der Waals surface area contributed by atoms with Crippen LogP contribution >= 0.6 is 34.4 Å². The number of nitrogens with two attached hydrogens (primary N) is 1. The summed E-state index contributed by atoms with van der Waals surface area (Å²) in [5.41, 5.74) is 2.44. The van der Waals surface area contributed by atoms with Crippen molar-refractivity contribution in [2.75, 3.05) is 5.84 Å².